The van der Waals surface area contributed by atoms with E-state index in [1.54, 1.807) is 0 Å². The summed E-state index contributed by atoms with van der Waals surface area (Å²) in [6.07, 6.45) is 0. The van der Waals surface area contributed by atoms with Gasteiger partial charge in [-0.2, -0.15) is 16.8 Å². The highest BCUT2D eigenvalue weighted by molar-refractivity contribution is 7.91. The van der Waals surface area contributed by atoms with Crippen molar-refractivity contribution in [1.82, 2.24) is 0 Å². The third-order valence-corrected chi connectivity index (χ3v) is 37.3. The van der Waals surface area contributed by atoms with E-state index >= 15 is 0 Å². The van der Waals surface area contributed by atoms with Crippen molar-refractivity contribution in [3.05, 3.63) is 0 Å². The van der Waals surface area contributed by atoms with Gasteiger partial charge in [-0.05, 0) is 0 Å². The van der Waals surface area contributed by atoms with Crippen LogP contribution in [0.1, 0.15) is 55.4 Å². The zero-order chi connectivity index (χ0) is 19.7. The molecule has 10 heteroatoms. The van der Waals surface area contributed by atoms with E-state index in [1.165, 1.54) is 0 Å². The van der Waals surface area contributed by atoms with Gasteiger partial charge in [0, 0.05) is 0 Å². The van der Waals surface area contributed by atoms with E-state index in [2.05, 4.69) is 0 Å². The van der Waals surface area contributed by atoms with Crippen LogP contribution in [0.4, 0.5) is 0 Å². The van der Waals surface area contributed by atoms with Gasteiger partial charge in [-0.25, -0.2) is 0 Å². The van der Waals surface area contributed by atoms with Gasteiger partial charge >= 0.3 is 0 Å². The predicted octanol–water partition coefficient (Wildman–Crippen LogP) is 3.46. The van der Waals surface area contributed by atoms with Crippen LogP contribution in [0, 0.1) is 0 Å². The molecule has 2 N–H and O–H groups in total. The van der Waals surface area contributed by atoms with Gasteiger partial charge in [-0.1, -0.05) is 77.6 Å². The second kappa shape index (κ2) is 7.87. The van der Waals surface area contributed by atoms with E-state index in [9.17, 15) is 25.9 Å². The van der Waals surface area contributed by atoms with Gasteiger partial charge in [0.1, 0.15) is 0 Å². The van der Waals surface area contributed by atoms with Gasteiger partial charge < -0.3 is 0 Å². The smallest absolute Gasteiger partial charge is 0.262 e. The topological polar surface area (TPSA) is 109 Å². The van der Waals surface area contributed by atoms with E-state index in [4.69, 9.17) is 0 Å². The average Bonchev–Trinajstić information content (AvgIpc) is 2.29. The number of hydrogen-bond donors (Lipinski definition) is 2. The van der Waals surface area contributed by atoms with Gasteiger partial charge in [-0.15, -0.1) is 0 Å². The van der Waals surface area contributed by atoms with Crippen LogP contribution in [0.5, 0.6) is 0 Å². The third kappa shape index (κ3) is 4.91. The van der Waals surface area contributed by atoms with Crippen LogP contribution in [-0.4, -0.2) is 51.9 Å². The lowest BCUT2D eigenvalue weighted by Gasteiger charge is -2.56. The Morgan fingerprint density at radius 2 is 0.750 bits per heavy atom. The highest BCUT2D eigenvalue weighted by Gasteiger charge is 2.63. The van der Waals surface area contributed by atoms with Crippen molar-refractivity contribution in [2.24, 2.45) is 0 Å². The van der Waals surface area contributed by atoms with E-state index in [0.29, 0.717) is 0 Å². The fourth-order valence-corrected chi connectivity index (χ4v) is 45.3. The van der Waals surface area contributed by atoms with Crippen molar-refractivity contribution >= 4 is 35.4 Å². The van der Waals surface area contributed by atoms with E-state index in [1.807, 2.05) is 55.4 Å². The zero-order valence-corrected chi connectivity index (χ0v) is 19.7. The van der Waals surface area contributed by atoms with Gasteiger partial charge in [0.2, 0.25) is 0 Å². The first kappa shape index (κ1) is 24.3. The molecule has 0 saturated carbocycles. The molecule has 146 valence electrons. The lowest BCUT2D eigenvalue weighted by atomic mass is 10.5. The highest BCUT2D eigenvalue weighted by atomic mass is 32.2. The molecule has 0 aromatic heterocycles. The maximum atomic E-state index is 11.9. The maximum absolute atomic E-state index is 11.9. The lowest BCUT2D eigenvalue weighted by molar-refractivity contribution is 0.484. The summed E-state index contributed by atoms with van der Waals surface area (Å²) in [5, 5.41) is -0.680. The molecule has 0 aliphatic carbocycles. The second-order valence-electron chi connectivity index (χ2n) is 8.15. The quantitative estimate of drug-likeness (QED) is 0.438. The van der Waals surface area contributed by atoms with Gasteiger partial charge in [-0.3, -0.25) is 9.11 Å². The molecule has 0 rings (SSSR count). The minimum absolute atomic E-state index is 0.0300. The summed E-state index contributed by atoms with van der Waals surface area (Å²) in [6.45, 7) is 15.5. The Bertz CT molecular complexity index is 552. The average molecular weight is 419 g/mol. The summed E-state index contributed by atoms with van der Waals surface area (Å²) in [4.78, 5) is 0. The molecule has 0 saturated heterocycles. The highest BCUT2D eigenvalue weighted by Crippen LogP contribution is 2.50. The molecule has 0 amide bonds. The van der Waals surface area contributed by atoms with Crippen LogP contribution >= 0.6 is 0 Å². The molecule has 0 spiro atoms. The molecule has 0 unspecified atom stereocenters. The van der Waals surface area contributed by atoms with Crippen LogP contribution in [-0.2, 0) is 20.2 Å². The predicted molar refractivity (Wildman–Crippen MR) is 105 cm³/mol. The first-order valence-corrected chi connectivity index (χ1v) is 17.3. The molecule has 0 aliphatic heterocycles. The first-order chi connectivity index (χ1) is 10.4. The van der Waals surface area contributed by atoms with E-state index < -0.39 is 35.4 Å². The van der Waals surface area contributed by atoms with Crippen molar-refractivity contribution in [1.29, 1.82) is 0 Å². The van der Waals surface area contributed by atoms with Crippen LogP contribution in [0.15, 0.2) is 0 Å². The van der Waals surface area contributed by atoms with Crippen molar-refractivity contribution in [3.63, 3.8) is 0 Å². The normalized spacial score (nSPS) is 15.1. The molecule has 24 heavy (non-hydrogen) atoms. The van der Waals surface area contributed by atoms with Crippen molar-refractivity contribution < 1.29 is 25.9 Å². The SMILES string of the molecule is CC(C)[Si](CS(=O)(=O)O)(C(C)C)[Si](CS(=O)(=O)O)(C(C)C)C(C)C. The largest absolute Gasteiger partial charge is 0.286 e. The third-order valence-electron chi connectivity index (χ3n) is 5.83. The van der Waals surface area contributed by atoms with Gasteiger partial charge in [0.15, 0.2) is 0 Å². The monoisotopic (exact) mass is 418 g/mol. The molecular formula is C14H34O6S2Si2. The molecule has 0 aliphatic rings. The standard InChI is InChI=1S/C14H34O6S2Si2/c1-11(2)23(12(3)4,9-21(15,16)17)24(13(5)6,14(7)8)10-22(18,19)20/h11-14H,9-10H2,1-8H3,(H,15,16,17)(H,18,19,20). The second-order valence-corrected chi connectivity index (χ2v) is 27.2. The van der Waals surface area contributed by atoms with Gasteiger partial charge in [0.25, 0.3) is 20.2 Å². The summed E-state index contributed by atoms with van der Waals surface area (Å²) < 4.78 is 67.0. The Labute approximate surface area is 149 Å². The summed E-state index contributed by atoms with van der Waals surface area (Å²) in [6, 6.07) is 0. The molecule has 0 atom stereocenters. The molecule has 0 aromatic carbocycles. The molecule has 0 radical (unpaired) electrons. The Kier molecular flexibility index (Phi) is 7.95. The van der Waals surface area contributed by atoms with Crippen LogP contribution in [0.2, 0.25) is 22.2 Å². The van der Waals surface area contributed by atoms with Crippen molar-refractivity contribution in [2.45, 2.75) is 77.6 Å². The Balaban J connectivity index is 7.02. The molecule has 0 fully saturated rings. The molecular weight excluding hydrogens is 384 g/mol. The Morgan fingerprint density at radius 3 is 0.833 bits per heavy atom. The summed E-state index contributed by atoms with van der Waals surface area (Å²) in [7, 11) is -14.2. The van der Waals surface area contributed by atoms with Crippen molar-refractivity contribution in [3.8, 4) is 0 Å². The van der Waals surface area contributed by atoms with Gasteiger partial charge in [0.05, 0.1) is 25.9 Å². The minimum Gasteiger partial charge on any atom is -0.286 e. The van der Waals surface area contributed by atoms with E-state index in [0.717, 1.165) is 0 Å². The maximum Gasteiger partial charge on any atom is 0.262 e. The fourth-order valence-electron chi connectivity index (χ4n) is 5.02. The Hall–Kier alpha value is 0.254. The zero-order valence-electron chi connectivity index (χ0n) is 16.1. The molecule has 0 heterocycles. The first-order valence-electron chi connectivity index (χ1n) is 8.34. The number of rotatable bonds is 9. The van der Waals surface area contributed by atoms with E-state index in [-0.39, 0.29) is 32.9 Å². The van der Waals surface area contributed by atoms with Crippen LogP contribution in [0.25, 0.3) is 0 Å². The van der Waals surface area contributed by atoms with Crippen molar-refractivity contribution in [2.75, 3.05) is 10.8 Å². The molecule has 0 bridgehead atoms. The number of hydrogen-bond acceptors (Lipinski definition) is 4. The molecule has 0 aromatic rings. The summed E-state index contributed by atoms with van der Waals surface area (Å²) in [5.41, 5.74) is -0.120. The minimum atomic E-state index is -4.26. The Morgan fingerprint density at radius 1 is 0.583 bits per heavy atom. The summed E-state index contributed by atoms with van der Waals surface area (Å²) >= 11 is 0. The summed E-state index contributed by atoms with van der Waals surface area (Å²) in [5.74, 6) is 0. The fraction of sp³-hybridized carbons (Fsp3) is 1.00. The van der Waals surface area contributed by atoms with Crippen LogP contribution < -0.4 is 0 Å². The lowest BCUT2D eigenvalue weighted by Crippen LogP contribution is -2.75. The molecule has 6 nitrogen and oxygen atoms in total. The van der Waals surface area contributed by atoms with Crippen LogP contribution in [0.3, 0.4) is 0 Å².